The highest BCUT2D eigenvalue weighted by molar-refractivity contribution is 7.90. The quantitative estimate of drug-likeness (QED) is 0.782. The fraction of sp³-hybridized carbons (Fsp3) is 0.357. The summed E-state index contributed by atoms with van der Waals surface area (Å²) >= 11 is 7.18. The Bertz CT molecular complexity index is 870. The zero-order chi connectivity index (χ0) is 18.1. The van der Waals surface area contributed by atoms with Crippen molar-refractivity contribution in [2.24, 2.45) is 5.92 Å². The third-order valence-corrected chi connectivity index (χ3v) is 5.79. The number of hydrogen-bond donors (Lipinski definition) is 0. The third-order valence-electron chi connectivity index (χ3n) is 3.13. The van der Waals surface area contributed by atoms with Crippen LogP contribution in [0.5, 0.6) is 0 Å². The van der Waals surface area contributed by atoms with Crippen molar-refractivity contribution in [3.63, 3.8) is 0 Å². The van der Waals surface area contributed by atoms with Crippen molar-refractivity contribution >= 4 is 43.7 Å². The van der Waals surface area contributed by atoms with Crippen LogP contribution in [0.3, 0.4) is 0 Å². The molecule has 0 aliphatic heterocycles. The topological polar surface area (TPSA) is 80.2 Å². The summed E-state index contributed by atoms with van der Waals surface area (Å²) in [4.78, 5) is 21.5. The van der Waals surface area contributed by atoms with E-state index in [1.165, 1.54) is 31.1 Å². The van der Waals surface area contributed by atoms with Crippen molar-refractivity contribution in [2.45, 2.75) is 6.92 Å². The van der Waals surface area contributed by atoms with Crippen molar-refractivity contribution in [1.29, 1.82) is 0 Å². The van der Waals surface area contributed by atoms with Gasteiger partial charge in [0.2, 0.25) is 5.91 Å². The summed E-state index contributed by atoms with van der Waals surface area (Å²) in [5, 5.41) is 0.861. The number of amides is 1. The lowest BCUT2D eigenvalue weighted by Gasteiger charge is -2.19. The average molecular weight is 392 g/mol. The number of anilines is 1. The number of carbonyl (C=O) groups excluding carboxylic acids is 1. The number of nitrogens with zero attached hydrogens (tertiary/aromatic N) is 3. The van der Waals surface area contributed by atoms with Crippen LogP contribution in [0.25, 0.3) is 10.6 Å². The summed E-state index contributed by atoms with van der Waals surface area (Å²) in [5.74, 6) is -1.88. The van der Waals surface area contributed by atoms with E-state index in [2.05, 4.69) is 9.97 Å². The summed E-state index contributed by atoms with van der Waals surface area (Å²) in [6, 6.07) is 1.26. The van der Waals surface area contributed by atoms with Gasteiger partial charge in [-0.1, -0.05) is 29.9 Å². The van der Waals surface area contributed by atoms with Crippen LogP contribution in [-0.2, 0) is 14.6 Å². The Morgan fingerprint density at radius 1 is 1.46 bits per heavy atom. The normalized spacial score (nSPS) is 12.9. The lowest BCUT2D eigenvalue weighted by Crippen LogP contribution is -2.34. The lowest BCUT2D eigenvalue weighted by molar-refractivity contribution is -0.121. The van der Waals surface area contributed by atoms with Crippen molar-refractivity contribution in [1.82, 2.24) is 9.97 Å². The molecular formula is C14H15ClFN3O3S2. The van der Waals surface area contributed by atoms with Gasteiger partial charge in [0.15, 0.2) is 5.15 Å². The monoisotopic (exact) mass is 391 g/mol. The molecule has 10 heteroatoms. The van der Waals surface area contributed by atoms with Gasteiger partial charge in [-0.3, -0.25) is 9.78 Å². The van der Waals surface area contributed by atoms with Crippen LogP contribution in [0.4, 0.5) is 9.39 Å². The first-order valence-electron chi connectivity index (χ1n) is 6.81. The van der Waals surface area contributed by atoms with E-state index in [0.29, 0.717) is 15.6 Å². The third kappa shape index (κ3) is 4.49. The number of thiazole rings is 1. The molecule has 2 heterocycles. The first-order chi connectivity index (χ1) is 11.1. The maximum atomic E-state index is 13.3. The minimum Gasteiger partial charge on any atom is -0.304 e. The summed E-state index contributed by atoms with van der Waals surface area (Å²) in [6.07, 6.45) is 3.59. The van der Waals surface area contributed by atoms with Gasteiger partial charge in [-0.15, -0.1) is 0 Å². The molecule has 2 rings (SSSR count). The van der Waals surface area contributed by atoms with Gasteiger partial charge < -0.3 is 4.90 Å². The number of aromatic nitrogens is 2. The molecule has 1 amide bonds. The summed E-state index contributed by atoms with van der Waals surface area (Å²) in [6.45, 7) is 1.53. The molecule has 1 atom stereocenters. The minimum absolute atomic E-state index is 0.0849. The molecule has 2 aromatic rings. The van der Waals surface area contributed by atoms with Crippen LogP contribution >= 0.6 is 22.9 Å². The zero-order valence-electron chi connectivity index (χ0n) is 13.2. The van der Waals surface area contributed by atoms with Gasteiger partial charge in [0.25, 0.3) is 0 Å². The molecule has 0 aromatic carbocycles. The van der Waals surface area contributed by atoms with E-state index in [0.717, 1.165) is 23.8 Å². The van der Waals surface area contributed by atoms with Gasteiger partial charge in [0.05, 0.1) is 11.9 Å². The van der Waals surface area contributed by atoms with E-state index >= 15 is 0 Å². The van der Waals surface area contributed by atoms with Crippen LogP contribution < -0.4 is 4.90 Å². The Labute approximate surface area is 148 Å². The molecule has 0 aliphatic carbocycles. The maximum absolute atomic E-state index is 13.3. The molecule has 0 saturated carbocycles. The first kappa shape index (κ1) is 18.8. The molecule has 1 unspecified atom stereocenters. The highest BCUT2D eigenvalue weighted by atomic mass is 35.5. The lowest BCUT2D eigenvalue weighted by atomic mass is 10.2. The average Bonchev–Trinajstić information content (AvgIpc) is 2.86. The van der Waals surface area contributed by atoms with Crippen molar-refractivity contribution < 1.29 is 17.6 Å². The Morgan fingerprint density at radius 3 is 2.71 bits per heavy atom. The Morgan fingerprint density at radius 2 is 2.12 bits per heavy atom. The second-order valence-electron chi connectivity index (χ2n) is 5.40. The van der Waals surface area contributed by atoms with E-state index in [4.69, 9.17) is 11.6 Å². The van der Waals surface area contributed by atoms with Gasteiger partial charge in [-0.2, -0.15) is 0 Å². The van der Waals surface area contributed by atoms with Crippen LogP contribution in [0.1, 0.15) is 6.92 Å². The molecule has 0 radical (unpaired) electrons. The fourth-order valence-corrected chi connectivity index (χ4v) is 4.44. The number of halogens is 2. The second-order valence-corrected chi connectivity index (χ2v) is 8.92. The van der Waals surface area contributed by atoms with Crippen LogP contribution in [0.2, 0.25) is 5.15 Å². The predicted molar refractivity (Wildman–Crippen MR) is 92.6 cm³/mol. The Kier molecular flexibility index (Phi) is 5.56. The highest BCUT2D eigenvalue weighted by Crippen LogP contribution is 2.37. The van der Waals surface area contributed by atoms with Crippen LogP contribution in [0, 0.1) is 11.7 Å². The van der Waals surface area contributed by atoms with Crippen molar-refractivity contribution in [3.8, 4) is 10.6 Å². The number of sulfone groups is 1. The molecule has 2 aromatic heterocycles. The van der Waals surface area contributed by atoms with Crippen molar-refractivity contribution in [2.75, 3.05) is 24.0 Å². The van der Waals surface area contributed by atoms with Gasteiger partial charge in [0, 0.05) is 31.0 Å². The van der Waals surface area contributed by atoms with Gasteiger partial charge in [-0.05, 0) is 6.07 Å². The van der Waals surface area contributed by atoms with E-state index in [1.807, 2.05) is 0 Å². The predicted octanol–water partition coefficient (Wildman–Crippen LogP) is 2.64. The molecule has 0 fully saturated rings. The molecule has 130 valence electrons. The molecule has 6 nitrogen and oxygen atoms in total. The molecule has 0 saturated heterocycles. The molecule has 24 heavy (non-hydrogen) atoms. The largest absolute Gasteiger partial charge is 0.304 e. The van der Waals surface area contributed by atoms with Gasteiger partial charge in [0.1, 0.15) is 25.7 Å². The van der Waals surface area contributed by atoms with E-state index in [9.17, 15) is 17.6 Å². The van der Waals surface area contributed by atoms with Gasteiger partial charge in [-0.25, -0.2) is 17.8 Å². The summed E-state index contributed by atoms with van der Waals surface area (Å²) in [5.41, 5.74) is 0.443. The standard InChI is InChI=1S/C14H15ClFN3O3S2/c1-8(7-24(3,21)22)13(20)19(2)14-11(15)18-12(23-14)9-4-10(16)6-17-5-9/h4-6,8H,7H2,1-3H3. The minimum atomic E-state index is -3.28. The highest BCUT2D eigenvalue weighted by Gasteiger charge is 2.26. The number of rotatable bonds is 5. The molecule has 0 N–H and O–H groups in total. The Balaban J connectivity index is 2.27. The van der Waals surface area contributed by atoms with E-state index in [1.54, 1.807) is 0 Å². The Hall–Kier alpha value is -1.58. The second kappa shape index (κ2) is 7.12. The number of hydrogen-bond acceptors (Lipinski definition) is 6. The van der Waals surface area contributed by atoms with Crippen LogP contribution in [0.15, 0.2) is 18.5 Å². The van der Waals surface area contributed by atoms with Crippen molar-refractivity contribution in [3.05, 3.63) is 29.4 Å². The smallest absolute Gasteiger partial charge is 0.231 e. The SMILES string of the molecule is CC(CS(C)(=O)=O)C(=O)N(C)c1sc(-c2cncc(F)c2)nc1Cl. The molecule has 0 aliphatic rings. The zero-order valence-corrected chi connectivity index (χ0v) is 15.5. The van der Waals surface area contributed by atoms with E-state index < -0.39 is 27.5 Å². The fourth-order valence-electron chi connectivity index (χ4n) is 2.11. The molecular weight excluding hydrogens is 377 g/mol. The number of carbonyl (C=O) groups is 1. The molecule has 0 spiro atoms. The first-order valence-corrected chi connectivity index (χ1v) is 10.1. The van der Waals surface area contributed by atoms with Gasteiger partial charge >= 0.3 is 0 Å². The van der Waals surface area contributed by atoms with E-state index in [-0.39, 0.29) is 10.9 Å². The summed E-state index contributed by atoms with van der Waals surface area (Å²) < 4.78 is 36.0. The van der Waals surface area contributed by atoms with Crippen LogP contribution in [-0.4, -0.2) is 43.3 Å². The maximum Gasteiger partial charge on any atom is 0.231 e. The number of pyridine rings is 1. The summed E-state index contributed by atoms with van der Waals surface area (Å²) in [7, 11) is -1.79. The molecule has 0 bridgehead atoms.